The third-order valence-electron chi connectivity index (χ3n) is 3.95. The van der Waals surface area contributed by atoms with Crippen molar-refractivity contribution in [2.24, 2.45) is 11.8 Å². The largest absolute Gasteiger partial charge is 0.474 e. The Hall–Kier alpha value is -1.35. The number of aromatic nitrogens is 2. The summed E-state index contributed by atoms with van der Waals surface area (Å²) in [4.78, 5) is 8.51. The molecule has 20 heavy (non-hydrogen) atoms. The molecule has 0 aliphatic heterocycles. The zero-order valence-corrected chi connectivity index (χ0v) is 12.6. The van der Waals surface area contributed by atoms with Crippen molar-refractivity contribution >= 4 is 22.5 Å². The molecule has 2 unspecified atom stereocenters. The summed E-state index contributed by atoms with van der Waals surface area (Å²) < 4.78 is 6.15. The highest BCUT2D eigenvalue weighted by molar-refractivity contribution is 6.28. The highest BCUT2D eigenvalue weighted by Crippen LogP contribution is 2.33. The van der Waals surface area contributed by atoms with Gasteiger partial charge in [0.15, 0.2) is 0 Å². The van der Waals surface area contributed by atoms with Gasteiger partial charge in [-0.2, -0.15) is 4.98 Å². The van der Waals surface area contributed by atoms with Gasteiger partial charge in [-0.15, -0.1) is 0 Å². The van der Waals surface area contributed by atoms with Gasteiger partial charge in [0.1, 0.15) is 6.10 Å². The summed E-state index contributed by atoms with van der Waals surface area (Å²) in [6.45, 7) is 4.58. The fourth-order valence-corrected chi connectivity index (χ4v) is 3.41. The van der Waals surface area contributed by atoms with Crippen molar-refractivity contribution in [2.45, 2.75) is 39.2 Å². The number of halogens is 1. The number of fused-ring (bicyclic) bond motifs is 1. The van der Waals surface area contributed by atoms with Gasteiger partial charge in [-0.3, -0.25) is 0 Å². The maximum atomic E-state index is 6.15. The van der Waals surface area contributed by atoms with Crippen molar-refractivity contribution in [3.63, 3.8) is 0 Å². The maximum Gasteiger partial charge on any atom is 0.226 e. The molecule has 1 aromatic carbocycles. The molecule has 0 N–H and O–H groups in total. The number of nitrogens with zero attached hydrogens (tertiary/aromatic N) is 2. The third-order valence-corrected chi connectivity index (χ3v) is 4.12. The fraction of sp³-hybridized carbons (Fsp3) is 0.500. The predicted octanol–water partition coefficient (Wildman–Crippen LogP) is 4.49. The molecular weight excluding hydrogens is 272 g/mol. The van der Waals surface area contributed by atoms with E-state index in [1.807, 2.05) is 24.3 Å². The van der Waals surface area contributed by atoms with Crippen LogP contribution in [-0.4, -0.2) is 16.1 Å². The fourth-order valence-electron chi connectivity index (χ4n) is 3.24. The van der Waals surface area contributed by atoms with Crippen LogP contribution in [0.25, 0.3) is 10.9 Å². The quantitative estimate of drug-likeness (QED) is 0.765. The van der Waals surface area contributed by atoms with Gasteiger partial charge in [0.2, 0.25) is 11.2 Å². The van der Waals surface area contributed by atoms with Gasteiger partial charge in [0.25, 0.3) is 0 Å². The summed E-state index contributed by atoms with van der Waals surface area (Å²) in [5.41, 5.74) is 0.833. The van der Waals surface area contributed by atoms with E-state index in [4.69, 9.17) is 16.3 Å². The van der Waals surface area contributed by atoms with Crippen molar-refractivity contribution < 1.29 is 4.74 Å². The smallest absolute Gasteiger partial charge is 0.226 e. The van der Waals surface area contributed by atoms with E-state index in [1.54, 1.807) is 0 Å². The molecule has 1 aliphatic rings. The van der Waals surface area contributed by atoms with E-state index in [0.717, 1.165) is 23.7 Å². The Bertz CT molecular complexity index is 606. The summed E-state index contributed by atoms with van der Waals surface area (Å²) in [5.74, 6) is 2.02. The van der Waals surface area contributed by atoms with Crippen LogP contribution in [0.15, 0.2) is 24.3 Å². The lowest BCUT2D eigenvalue weighted by molar-refractivity contribution is 0.0982. The van der Waals surface area contributed by atoms with Crippen molar-refractivity contribution in [1.29, 1.82) is 0 Å². The molecular formula is C16H19ClN2O. The molecule has 0 spiro atoms. The Morgan fingerprint density at radius 2 is 1.75 bits per heavy atom. The molecule has 4 heteroatoms. The second kappa shape index (κ2) is 5.57. The Labute approximate surface area is 124 Å². The van der Waals surface area contributed by atoms with Gasteiger partial charge in [-0.1, -0.05) is 26.0 Å². The first-order valence-electron chi connectivity index (χ1n) is 7.20. The van der Waals surface area contributed by atoms with Gasteiger partial charge in [-0.05, 0) is 54.8 Å². The molecule has 3 rings (SSSR count). The zero-order chi connectivity index (χ0) is 14.1. The van der Waals surface area contributed by atoms with Gasteiger partial charge in [-0.25, -0.2) is 4.98 Å². The number of benzene rings is 1. The Morgan fingerprint density at radius 3 is 2.50 bits per heavy atom. The minimum absolute atomic E-state index is 0.225. The molecule has 2 aromatic rings. The molecule has 2 atom stereocenters. The van der Waals surface area contributed by atoms with Crippen LogP contribution in [-0.2, 0) is 0 Å². The van der Waals surface area contributed by atoms with Crippen molar-refractivity contribution in [2.75, 3.05) is 0 Å². The van der Waals surface area contributed by atoms with Crippen LogP contribution in [0.2, 0.25) is 5.28 Å². The summed E-state index contributed by atoms with van der Waals surface area (Å²) in [5, 5.41) is 1.18. The zero-order valence-electron chi connectivity index (χ0n) is 11.8. The average Bonchev–Trinajstić information content (AvgIpc) is 2.37. The molecule has 1 aromatic heterocycles. The minimum atomic E-state index is 0.225. The number of ether oxygens (including phenoxy) is 1. The summed E-state index contributed by atoms with van der Waals surface area (Å²) >= 11 is 6.00. The number of para-hydroxylation sites is 1. The minimum Gasteiger partial charge on any atom is -0.474 e. The number of rotatable bonds is 2. The van der Waals surface area contributed by atoms with E-state index in [0.29, 0.717) is 17.7 Å². The molecule has 1 fully saturated rings. The standard InChI is InChI=1S/C16H19ClN2O/c1-10-7-11(2)9-12(8-10)20-15-13-5-3-4-6-14(13)18-16(17)19-15/h3-6,10-12H,7-9H2,1-2H3. The summed E-state index contributed by atoms with van der Waals surface area (Å²) in [6.07, 6.45) is 3.68. The van der Waals surface area contributed by atoms with E-state index in [1.165, 1.54) is 6.42 Å². The molecule has 1 aliphatic carbocycles. The van der Waals surface area contributed by atoms with E-state index >= 15 is 0 Å². The Morgan fingerprint density at radius 1 is 1.05 bits per heavy atom. The van der Waals surface area contributed by atoms with Crippen LogP contribution < -0.4 is 4.74 Å². The first-order chi connectivity index (χ1) is 9.61. The van der Waals surface area contributed by atoms with Gasteiger partial charge in [0, 0.05) is 0 Å². The van der Waals surface area contributed by atoms with Crippen LogP contribution in [0.1, 0.15) is 33.1 Å². The number of hydrogen-bond donors (Lipinski definition) is 0. The Kier molecular flexibility index (Phi) is 3.79. The lowest BCUT2D eigenvalue weighted by Crippen LogP contribution is -2.28. The van der Waals surface area contributed by atoms with E-state index in [2.05, 4.69) is 23.8 Å². The lowest BCUT2D eigenvalue weighted by Gasteiger charge is -2.31. The first kappa shape index (κ1) is 13.6. The molecule has 106 valence electrons. The van der Waals surface area contributed by atoms with Crippen LogP contribution in [0.4, 0.5) is 0 Å². The van der Waals surface area contributed by atoms with E-state index in [9.17, 15) is 0 Å². The SMILES string of the molecule is CC1CC(C)CC(Oc2nc(Cl)nc3ccccc23)C1. The molecule has 1 saturated carbocycles. The normalized spacial score (nSPS) is 26.6. The maximum absolute atomic E-state index is 6.15. The van der Waals surface area contributed by atoms with Crippen LogP contribution in [0, 0.1) is 11.8 Å². The Balaban J connectivity index is 1.90. The lowest BCUT2D eigenvalue weighted by atomic mass is 9.82. The highest BCUT2D eigenvalue weighted by Gasteiger charge is 2.26. The summed E-state index contributed by atoms with van der Waals surface area (Å²) in [6, 6.07) is 7.83. The predicted molar refractivity (Wildman–Crippen MR) is 81.1 cm³/mol. The topological polar surface area (TPSA) is 35.0 Å². The second-order valence-corrected chi connectivity index (χ2v) is 6.31. The average molecular weight is 291 g/mol. The molecule has 3 nitrogen and oxygen atoms in total. The second-order valence-electron chi connectivity index (χ2n) is 5.97. The van der Waals surface area contributed by atoms with Gasteiger partial charge in [0.05, 0.1) is 10.9 Å². The molecule has 0 bridgehead atoms. The van der Waals surface area contributed by atoms with Crippen LogP contribution in [0.5, 0.6) is 5.88 Å². The third kappa shape index (κ3) is 2.88. The highest BCUT2D eigenvalue weighted by atomic mass is 35.5. The van der Waals surface area contributed by atoms with Crippen molar-refractivity contribution in [3.05, 3.63) is 29.5 Å². The summed E-state index contributed by atoms with van der Waals surface area (Å²) in [7, 11) is 0. The first-order valence-corrected chi connectivity index (χ1v) is 7.58. The van der Waals surface area contributed by atoms with E-state index in [-0.39, 0.29) is 11.4 Å². The molecule has 1 heterocycles. The molecule has 0 radical (unpaired) electrons. The van der Waals surface area contributed by atoms with Crippen LogP contribution in [0.3, 0.4) is 0 Å². The molecule has 0 amide bonds. The van der Waals surface area contributed by atoms with E-state index < -0.39 is 0 Å². The van der Waals surface area contributed by atoms with Crippen molar-refractivity contribution in [1.82, 2.24) is 9.97 Å². The van der Waals surface area contributed by atoms with Gasteiger partial charge < -0.3 is 4.74 Å². The molecule has 0 saturated heterocycles. The van der Waals surface area contributed by atoms with Crippen molar-refractivity contribution in [3.8, 4) is 5.88 Å². The van der Waals surface area contributed by atoms with Gasteiger partial charge >= 0.3 is 0 Å². The number of hydrogen-bond acceptors (Lipinski definition) is 3. The monoisotopic (exact) mass is 290 g/mol. The van der Waals surface area contributed by atoms with Crippen LogP contribution >= 0.6 is 11.6 Å².